The number of pyridine rings is 1. The molecule has 0 atom stereocenters. The van der Waals surface area contributed by atoms with Crippen molar-refractivity contribution in [2.45, 2.75) is 6.92 Å². The number of likely N-dealkylation sites (N-methyl/N-ethyl adjacent to an activating group) is 1. The first-order chi connectivity index (χ1) is 9.41. The molecule has 0 spiro atoms. The molecule has 20 heavy (non-hydrogen) atoms. The predicted octanol–water partition coefficient (Wildman–Crippen LogP) is 1.00. The van der Waals surface area contributed by atoms with Crippen molar-refractivity contribution in [2.75, 3.05) is 26.4 Å². The molecule has 0 unspecified atom stereocenters. The lowest BCUT2D eigenvalue weighted by atomic mass is 10.2. The first kappa shape index (κ1) is 14.3. The molecule has 0 aromatic carbocycles. The van der Waals surface area contributed by atoms with Crippen LogP contribution in [0.4, 0.5) is 5.69 Å². The number of anilines is 1. The number of fused-ring (bicyclic) bond motifs is 1. The summed E-state index contributed by atoms with van der Waals surface area (Å²) >= 11 is 1.23. The number of hydrogen-bond donors (Lipinski definition) is 2. The third kappa shape index (κ3) is 2.57. The lowest BCUT2D eigenvalue weighted by Crippen LogP contribution is -2.36. The number of nitrogens with zero attached hydrogens (tertiary/aromatic N) is 2. The second-order valence-electron chi connectivity index (χ2n) is 4.62. The Labute approximate surface area is 120 Å². The zero-order chi connectivity index (χ0) is 14.9. The molecule has 106 valence electrons. The topological polar surface area (TPSA) is 88.3 Å². The molecule has 7 heteroatoms. The Morgan fingerprint density at radius 3 is 2.75 bits per heavy atom. The van der Waals surface area contributed by atoms with Crippen molar-refractivity contribution in [1.29, 1.82) is 0 Å². The van der Waals surface area contributed by atoms with E-state index in [4.69, 9.17) is 5.73 Å². The maximum Gasteiger partial charge on any atom is 0.264 e. The van der Waals surface area contributed by atoms with Crippen molar-refractivity contribution < 1.29 is 9.59 Å². The van der Waals surface area contributed by atoms with Crippen molar-refractivity contribution >= 4 is 39.1 Å². The van der Waals surface area contributed by atoms with E-state index in [2.05, 4.69) is 10.3 Å². The summed E-state index contributed by atoms with van der Waals surface area (Å²) in [6.45, 7) is 1.87. The van der Waals surface area contributed by atoms with Crippen molar-refractivity contribution in [3.05, 3.63) is 22.7 Å². The van der Waals surface area contributed by atoms with Crippen LogP contribution in [0.5, 0.6) is 0 Å². The molecule has 2 aromatic heterocycles. The van der Waals surface area contributed by atoms with E-state index in [-0.39, 0.29) is 18.4 Å². The molecular weight excluding hydrogens is 276 g/mol. The van der Waals surface area contributed by atoms with Gasteiger partial charge in [0.1, 0.15) is 9.71 Å². The van der Waals surface area contributed by atoms with Crippen molar-refractivity contribution in [3.63, 3.8) is 0 Å². The number of nitrogen functional groups attached to an aromatic ring is 1. The quantitative estimate of drug-likeness (QED) is 0.883. The van der Waals surface area contributed by atoms with Crippen LogP contribution in [0.3, 0.4) is 0 Å². The van der Waals surface area contributed by atoms with E-state index in [9.17, 15) is 9.59 Å². The van der Waals surface area contributed by atoms with Crippen LogP contribution in [0, 0.1) is 6.92 Å². The SMILES string of the molecule is Cc1ccnc2sc(C(=O)NCC(=O)N(C)C)c(N)c12. The van der Waals surface area contributed by atoms with Gasteiger partial charge in [0.15, 0.2) is 0 Å². The van der Waals surface area contributed by atoms with Crippen LogP contribution in [-0.2, 0) is 4.79 Å². The average Bonchev–Trinajstić information content (AvgIpc) is 2.74. The minimum Gasteiger partial charge on any atom is -0.397 e. The van der Waals surface area contributed by atoms with E-state index in [1.54, 1.807) is 20.3 Å². The molecule has 0 aliphatic rings. The maximum atomic E-state index is 12.1. The molecule has 2 aromatic rings. The van der Waals surface area contributed by atoms with Gasteiger partial charge in [-0.2, -0.15) is 0 Å². The molecular formula is C13H16N4O2S. The molecule has 2 amide bonds. The average molecular weight is 292 g/mol. The fraction of sp³-hybridized carbons (Fsp3) is 0.308. The van der Waals surface area contributed by atoms with Gasteiger partial charge in [0.2, 0.25) is 5.91 Å². The largest absolute Gasteiger partial charge is 0.397 e. The van der Waals surface area contributed by atoms with Crippen molar-refractivity contribution in [2.24, 2.45) is 0 Å². The molecule has 0 saturated carbocycles. The Hall–Kier alpha value is -2.15. The van der Waals surface area contributed by atoms with Crippen molar-refractivity contribution in [1.82, 2.24) is 15.2 Å². The Morgan fingerprint density at radius 1 is 1.45 bits per heavy atom. The Morgan fingerprint density at radius 2 is 2.15 bits per heavy atom. The summed E-state index contributed by atoms with van der Waals surface area (Å²) < 4.78 is 0. The number of thiophene rings is 1. The smallest absolute Gasteiger partial charge is 0.264 e. The summed E-state index contributed by atoms with van der Waals surface area (Å²) in [5, 5.41) is 3.38. The van der Waals surface area contributed by atoms with Gasteiger partial charge >= 0.3 is 0 Å². The lowest BCUT2D eigenvalue weighted by molar-refractivity contribution is -0.127. The van der Waals surface area contributed by atoms with Gasteiger partial charge in [-0.05, 0) is 18.6 Å². The molecule has 0 aliphatic carbocycles. The van der Waals surface area contributed by atoms with E-state index < -0.39 is 0 Å². The van der Waals surface area contributed by atoms with Crippen LogP contribution in [-0.4, -0.2) is 42.3 Å². The van der Waals surface area contributed by atoms with Crippen LogP contribution in [0.1, 0.15) is 15.2 Å². The van der Waals surface area contributed by atoms with Gasteiger partial charge in [0.05, 0.1) is 12.2 Å². The number of rotatable bonds is 3. The minimum absolute atomic E-state index is 0.0497. The number of aromatic nitrogens is 1. The lowest BCUT2D eigenvalue weighted by Gasteiger charge is -2.10. The Kier molecular flexibility index (Phi) is 3.89. The van der Waals surface area contributed by atoms with Gasteiger partial charge in [0.25, 0.3) is 5.91 Å². The molecule has 6 nitrogen and oxygen atoms in total. The van der Waals surface area contributed by atoms with E-state index in [1.807, 2.05) is 13.0 Å². The van der Waals surface area contributed by atoms with Crippen LogP contribution in [0.25, 0.3) is 10.2 Å². The number of aryl methyl sites for hydroxylation is 1. The molecule has 0 saturated heterocycles. The first-order valence-electron chi connectivity index (χ1n) is 6.03. The summed E-state index contributed by atoms with van der Waals surface area (Å²) in [5.74, 6) is -0.521. The molecule has 2 rings (SSSR count). The normalized spacial score (nSPS) is 10.6. The van der Waals surface area contributed by atoms with E-state index in [0.717, 1.165) is 15.8 Å². The standard InChI is InChI=1S/C13H16N4O2S/c1-7-4-5-15-13-9(7)10(14)11(20-13)12(19)16-6-8(18)17(2)3/h4-5H,6,14H2,1-3H3,(H,16,19). The highest BCUT2D eigenvalue weighted by Crippen LogP contribution is 2.34. The van der Waals surface area contributed by atoms with Gasteiger partial charge in [-0.1, -0.05) is 0 Å². The van der Waals surface area contributed by atoms with E-state index >= 15 is 0 Å². The summed E-state index contributed by atoms with van der Waals surface area (Å²) in [6, 6.07) is 1.85. The number of nitrogens with one attached hydrogen (secondary N) is 1. The fourth-order valence-corrected chi connectivity index (χ4v) is 2.82. The van der Waals surface area contributed by atoms with Crippen LogP contribution in [0.2, 0.25) is 0 Å². The molecule has 0 radical (unpaired) electrons. The molecule has 0 aliphatic heterocycles. The Balaban J connectivity index is 2.25. The molecule has 0 bridgehead atoms. The van der Waals surface area contributed by atoms with Gasteiger partial charge in [-0.25, -0.2) is 4.98 Å². The van der Waals surface area contributed by atoms with Gasteiger partial charge in [-0.3, -0.25) is 9.59 Å². The van der Waals surface area contributed by atoms with Gasteiger partial charge in [0, 0.05) is 25.7 Å². The number of carbonyl (C=O) groups is 2. The van der Waals surface area contributed by atoms with E-state index in [1.165, 1.54) is 16.2 Å². The highest BCUT2D eigenvalue weighted by atomic mass is 32.1. The highest BCUT2D eigenvalue weighted by molar-refractivity contribution is 7.21. The number of hydrogen-bond acceptors (Lipinski definition) is 5. The van der Waals surface area contributed by atoms with Crippen LogP contribution in [0.15, 0.2) is 12.3 Å². The number of amides is 2. The number of nitrogens with two attached hydrogens (primary N) is 1. The summed E-state index contributed by atoms with van der Waals surface area (Å²) in [4.78, 5) is 30.3. The zero-order valence-corrected chi connectivity index (χ0v) is 12.4. The third-order valence-corrected chi connectivity index (χ3v) is 4.05. The van der Waals surface area contributed by atoms with Gasteiger partial charge < -0.3 is 16.0 Å². The zero-order valence-electron chi connectivity index (χ0n) is 11.6. The van der Waals surface area contributed by atoms with Crippen molar-refractivity contribution in [3.8, 4) is 0 Å². The summed E-state index contributed by atoms with van der Waals surface area (Å²) in [7, 11) is 3.27. The first-order valence-corrected chi connectivity index (χ1v) is 6.85. The van der Waals surface area contributed by atoms with Crippen LogP contribution >= 0.6 is 11.3 Å². The highest BCUT2D eigenvalue weighted by Gasteiger charge is 2.18. The number of carbonyl (C=O) groups excluding carboxylic acids is 2. The third-order valence-electron chi connectivity index (χ3n) is 2.94. The second kappa shape index (κ2) is 5.46. The summed E-state index contributed by atoms with van der Waals surface area (Å²) in [5.41, 5.74) is 7.42. The summed E-state index contributed by atoms with van der Waals surface area (Å²) in [6.07, 6.45) is 1.69. The van der Waals surface area contributed by atoms with E-state index in [0.29, 0.717) is 10.6 Å². The molecule has 2 heterocycles. The second-order valence-corrected chi connectivity index (χ2v) is 5.62. The fourth-order valence-electron chi connectivity index (χ4n) is 1.77. The molecule has 0 fully saturated rings. The predicted molar refractivity (Wildman–Crippen MR) is 79.8 cm³/mol. The van der Waals surface area contributed by atoms with Gasteiger partial charge in [-0.15, -0.1) is 11.3 Å². The maximum absolute atomic E-state index is 12.1. The van der Waals surface area contributed by atoms with Crippen LogP contribution < -0.4 is 11.1 Å². The monoisotopic (exact) mass is 292 g/mol. The minimum atomic E-state index is -0.347. The Bertz CT molecular complexity index is 678. The molecule has 3 N–H and O–H groups in total.